The molecule has 2 aromatic carbocycles. The van der Waals surface area contributed by atoms with Gasteiger partial charge in [0, 0.05) is 22.8 Å². The molecule has 0 aliphatic rings. The molecule has 0 saturated heterocycles. The van der Waals surface area contributed by atoms with Crippen LogP contribution in [0.5, 0.6) is 5.75 Å². The molecule has 0 aliphatic heterocycles. The fraction of sp³-hybridized carbons (Fsp3) is 0.263. The maximum Gasteiger partial charge on any atom is 0.248 e. The lowest BCUT2D eigenvalue weighted by atomic mass is 10.2. The summed E-state index contributed by atoms with van der Waals surface area (Å²) in [5.74, 6) is 0.0805. The van der Waals surface area contributed by atoms with Crippen LogP contribution >= 0.6 is 11.6 Å². The van der Waals surface area contributed by atoms with Gasteiger partial charge in [-0.1, -0.05) is 11.6 Å². The van der Waals surface area contributed by atoms with E-state index in [2.05, 4.69) is 5.32 Å². The maximum atomic E-state index is 12.3. The average molecular weight is 376 g/mol. The lowest BCUT2D eigenvalue weighted by Crippen LogP contribution is -2.41. The number of ether oxygens (including phenoxy) is 1. The van der Waals surface area contributed by atoms with Gasteiger partial charge in [0.15, 0.2) is 0 Å². The van der Waals surface area contributed by atoms with E-state index in [4.69, 9.17) is 22.1 Å². The smallest absolute Gasteiger partial charge is 0.248 e. The van der Waals surface area contributed by atoms with Crippen molar-refractivity contribution < 1.29 is 14.3 Å². The number of nitrogens with two attached hydrogens (primary N) is 1. The number of halogens is 1. The van der Waals surface area contributed by atoms with E-state index in [1.807, 2.05) is 18.9 Å². The maximum absolute atomic E-state index is 12.3. The van der Waals surface area contributed by atoms with Crippen LogP contribution in [0.1, 0.15) is 17.3 Å². The fourth-order valence-corrected chi connectivity index (χ4v) is 2.32. The molecule has 0 radical (unpaired) electrons. The van der Waals surface area contributed by atoms with E-state index in [0.717, 1.165) is 5.75 Å². The Morgan fingerprint density at radius 2 is 1.77 bits per heavy atom. The number of nitrogens with zero attached hydrogens (tertiary/aromatic N) is 1. The summed E-state index contributed by atoms with van der Waals surface area (Å²) in [6, 6.07) is 13.2. The van der Waals surface area contributed by atoms with Gasteiger partial charge in [-0.15, -0.1) is 0 Å². The van der Waals surface area contributed by atoms with Gasteiger partial charge in [0.2, 0.25) is 11.8 Å². The summed E-state index contributed by atoms with van der Waals surface area (Å²) in [5.41, 5.74) is 6.20. The van der Waals surface area contributed by atoms with Crippen molar-refractivity contribution >= 4 is 29.1 Å². The number of amides is 2. The molecule has 2 amide bonds. The molecule has 7 heteroatoms. The molecule has 1 atom stereocenters. The van der Waals surface area contributed by atoms with E-state index in [1.54, 1.807) is 48.5 Å². The number of carbonyl (C=O) groups is 2. The molecule has 0 aliphatic carbocycles. The van der Waals surface area contributed by atoms with Crippen molar-refractivity contribution in [1.29, 1.82) is 0 Å². The highest BCUT2D eigenvalue weighted by molar-refractivity contribution is 6.30. The number of primary amides is 1. The molecular formula is C19H22ClN3O3. The second kappa shape index (κ2) is 9.22. The third-order valence-corrected chi connectivity index (χ3v) is 4.26. The summed E-state index contributed by atoms with van der Waals surface area (Å²) < 4.78 is 5.64. The third kappa shape index (κ3) is 5.75. The van der Waals surface area contributed by atoms with Crippen LogP contribution < -0.4 is 15.8 Å². The minimum atomic E-state index is -0.503. The van der Waals surface area contributed by atoms with Crippen LogP contribution in [0.3, 0.4) is 0 Å². The second-order valence-electron chi connectivity index (χ2n) is 5.89. The monoisotopic (exact) mass is 375 g/mol. The van der Waals surface area contributed by atoms with Gasteiger partial charge in [0.05, 0.1) is 6.04 Å². The van der Waals surface area contributed by atoms with Gasteiger partial charge in [-0.05, 0) is 62.5 Å². The quantitative estimate of drug-likeness (QED) is 0.743. The van der Waals surface area contributed by atoms with Crippen LogP contribution in [-0.4, -0.2) is 43.0 Å². The van der Waals surface area contributed by atoms with E-state index in [9.17, 15) is 9.59 Å². The molecular weight excluding hydrogens is 354 g/mol. The van der Waals surface area contributed by atoms with Crippen molar-refractivity contribution in [2.75, 3.05) is 25.5 Å². The Bertz CT molecular complexity index is 748. The summed E-state index contributed by atoms with van der Waals surface area (Å²) >= 11 is 5.83. The Labute approximate surface area is 157 Å². The molecule has 2 rings (SSSR count). The fourth-order valence-electron chi connectivity index (χ4n) is 2.20. The number of hydrogen-bond donors (Lipinski definition) is 2. The Morgan fingerprint density at radius 1 is 1.15 bits per heavy atom. The van der Waals surface area contributed by atoms with Crippen molar-refractivity contribution in [2.24, 2.45) is 5.73 Å². The van der Waals surface area contributed by atoms with Crippen molar-refractivity contribution in [3.63, 3.8) is 0 Å². The zero-order valence-electron chi connectivity index (χ0n) is 14.7. The Hall–Kier alpha value is -2.57. The van der Waals surface area contributed by atoms with Crippen molar-refractivity contribution in [3.8, 4) is 5.75 Å². The summed E-state index contributed by atoms with van der Waals surface area (Å²) in [4.78, 5) is 25.3. The van der Waals surface area contributed by atoms with Crippen molar-refractivity contribution in [2.45, 2.75) is 13.0 Å². The third-order valence-electron chi connectivity index (χ3n) is 4.00. The molecule has 0 aromatic heterocycles. The van der Waals surface area contributed by atoms with E-state index >= 15 is 0 Å². The van der Waals surface area contributed by atoms with E-state index in [1.165, 1.54) is 0 Å². The summed E-state index contributed by atoms with van der Waals surface area (Å²) in [7, 11) is 1.85. The highest BCUT2D eigenvalue weighted by Crippen LogP contribution is 2.15. The van der Waals surface area contributed by atoms with Crippen LogP contribution in [0.25, 0.3) is 0 Å². The van der Waals surface area contributed by atoms with E-state index in [0.29, 0.717) is 29.4 Å². The lowest BCUT2D eigenvalue weighted by molar-refractivity contribution is -0.120. The van der Waals surface area contributed by atoms with E-state index in [-0.39, 0.29) is 11.9 Å². The number of hydrogen-bond acceptors (Lipinski definition) is 4. The molecule has 2 aromatic rings. The molecule has 26 heavy (non-hydrogen) atoms. The average Bonchev–Trinajstić information content (AvgIpc) is 2.63. The highest BCUT2D eigenvalue weighted by Gasteiger charge is 2.18. The largest absolute Gasteiger partial charge is 0.492 e. The van der Waals surface area contributed by atoms with Gasteiger partial charge in [-0.2, -0.15) is 0 Å². The predicted molar refractivity (Wildman–Crippen MR) is 103 cm³/mol. The normalized spacial score (nSPS) is 11.8. The minimum absolute atomic E-state index is 0.147. The van der Waals surface area contributed by atoms with Crippen LogP contribution in [0, 0.1) is 0 Å². The van der Waals surface area contributed by atoms with Gasteiger partial charge < -0.3 is 15.8 Å². The second-order valence-corrected chi connectivity index (χ2v) is 6.33. The number of carbonyl (C=O) groups excluding carboxylic acids is 2. The van der Waals surface area contributed by atoms with Crippen molar-refractivity contribution in [3.05, 3.63) is 59.1 Å². The molecule has 0 saturated carbocycles. The van der Waals surface area contributed by atoms with Crippen LogP contribution in [-0.2, 0) is 4.79 Å². The first-order valence-corrected chi connectivity index (χ1v) is 8.54. The first kappa shape index (κ1) is 19.8. The molecule has 6 nitrogen and oxygen atoms in total. The highest BCUT2D eigenvalue weighted by atomic mass is 35.5. The summed E-state index contributed by atoms with van der Waals surface area (Å²) in [6.07, 6.45) is 0. The molecule has 138 valence electrons. The predicted octanol–water partition coefficient (Wildman–Crippen LogP) is 2.78. The zero-order chi connectivity index (χ0) is 19.1. The van der Waals surface area contributed by atoms with Crippen LogP contribution in [0.4, 0.5) is 5.69 Å². The Morgan fingerprint density at radius 3 is 2.35 bits per heavy atom. The van der Waals surface area contributed by atoms with E-state index < -0.39 is 5.91 Å². The van der Waals surface area contributed by atoms with Gasteiger partial charge in [-0.3, -0.25) is 14.5 Å². The lowest BCUT2D eigenvalue weighted by Gasteiger charge is -2.23. The summed E-state index contributed by atoms with van der Waals surface area (Å²) in [6.45, 7) is 2.84. The number of anilines is 1. The van der Waals surface area contributed by atoms with Crippen LogP contribution in [0.15, 0.2) is 48.5 Å². The molecule has 0 spiro atoms. The van der Waals surface area contributed by atoms with Gasteiger partial charge in [0.1, 0.15) is 12.4 Å². The molecule has 0 bridgehead atoms. The molecule has 3 N–H and O–H groups in total. The Balaban J connectivity index is 1.80. The SMILES string of the molecule is C[C@@H](C(=O)Nc1ccc(C(N)=O)cc1)N(C)CCOc1ccc(Cl)cc1. The topological polar surface area (TPSA) is 84.7 Å². The minimum Gasteiger partial charge on any atom is -0.492 e. The van der Waals surface area contributed by atoms with Gasteiger partial charge >= 0.3 is 0 Å². The van der Waals surface area contributed by atoms with Gasteiger partial charge in [-0.25, -0.2) is 0 Å². The Kier molecular flexibility index (Phi) is 7.00. The zero-order valence-corrected chi connectivity index (χ0v) is 15.5. The van der Waals surface area contributed by atoms with Crippen molar-refractivity contribution in [1.82, 2.24) is 4.90 Å². The number of rotatable bonds is 8. The van der Waals surface area contributed by atoms with Gasteiger partial charge in [0.25, 0.3) is 0 Å². The standard InChI is InChI=1S/C19H22ClN3O3/c1-13(19(25)22-16-7-3-14(4-8-16)18(21)24)23(2)11-12-26-17-9-5-15(20)6-10-17/h3-10,13H,11-12H2,1-2H3,(H2,21,24)(H,22,25)/t13-/m0/s1. The number of benzene rings is 2. The molecule has 0 unspecified atom stereocenters. The summed E-state index contributed by atoms with van der Waals surface area (Å²) in [5, 5.41) is 3.47. The molecule has 0 heterocycles. The number of nitrogens with one attached hydrogen (secondary N) is 1. The first-order valence-electron chi connectivity index (χ1n) is 8.16. The number of likely N-dealkylation sites (N-methyl/N-ethyl adjacent to an activating group) is 1. The van der Waals surface area contributed by atoms with Crippen LogP contribution in [0.2, 0.25) is 5.02 Å². The molecule has 0 fully saturated rings. The first-order chi connectivity index (χ1) is 12.4.